The minimum Gasteiger partial charge on any atom is -0.508 e. The van der Waals surface area contributed by atoms with E-state index >= 15 is 0 Å². The fourth-order valence-corrected chi connectivity index (χ4v) is 2.95. The van der Waals surface area contributed by atoms with Crippen LogP contribution < -0.4 is 5.32 Å². The third-order valence-electron chi connectivity index (χ3n) is 3.20. The predicted octanol–water partition coefficient (Wildman–Crippen LogP) is 3.37. The fourth-order valence-electron chi connectivity index (χ4n) is 2.00. The molecule has 1 heterocycles. The summed E-state index contributed by atoms with van der Waals surface area (Å²) in [5.74, 6) is 2.43. The molecule has 1 aromatic carbocycles. The summed E-state index contributed by atoms with van der Waals surface area (Å²) in [5, 5.41) is 12.5. The number of anilines is 1. The molecule has 2 aromatic rings. The first-order valence-corrected chi connectivity index (χ1v) is 7.31. The maximum Gasteiger partial charge on any atom is 0.161 e. The number of hydrogen-bond donors (Lipinski definition) is 2. The van der Waals surface area contributed by atoms with E-state index in [1.807, 2.05) is 19.2 Å². The fraction of sp³-hybridized carbons (Fsp3) is 0.286. The topological polar surface area (TPSA) is 58.0 Å². The maximum atomic E-state index is 9.35. The van der Waals surface area contributed by atoms with E-state index < -0.39 is 0 Å². The van der Waals surface area contributed by atoms with Gasteiger partial charge in [-0.25, -0.2) is 9.97 Å². The second-order valence-corrected chi connectivity index (χ2v) is 5.74. The molecule has 4 nitrogen and oxygen atoms in total. The Morgan fingerprint density at radius 3 is 2.47 bits per heavy atom. The van der Waals surface area contributed by atoms with Crippen LogP contribution in [0.15, 0.2) is 24.3 Å². The lowest BCUT2D eigenvalue weighted by Crippen LogP contribution is -2.04. The number of rotatable bonds is 3. The molecule has 1 aliphatic carbocycles. The van der Waals surface area contributed by atoms with E-state index in [1.54, 1.807) is 12.1 Å². The van der Waals surface area contributed by atoms with Gasteiger partial charge in [0.1, 0.15) is 11.6 Å². The smallest absolute Gasteiger partial charge is 0.161 e. The summed E-state index contributed by atoms with van der Waals surface area (Å²) in [5.41, 5.74) is 2.07. The average molecular weight is 367 g/mol. The summed E-state index contributed by atoms with van der Waals surface area (Å²) in [6.45, 7) is 0. The summed E-state index contributed by atoms with van der Waals surface area (Å²) >= 11 is 2.31. The van der Waals surface area contributed by atoms with Gasteiger partial charge >= 0.3 is 0 Å². The van der Waals surface area contributed by atoms with Gasteiger partial charge in [0.05, 0.1) is 9.26 Å². The van der Waals surface area contributed by atoms with Crippen LogP contribution in [0.3, 0.4) is 0 Å². The van der Waals surface area contributed by atoms with Crippen molar-refractivity contribution in [3.8, 4) is 17.1 Å². The Morgan fingerprint density at radius 1 is 1.21 bits per heavy atom. The van der Waals surface area contributed by atoms with E-state index in [0.29, 0.717) is 11.7 Å². The van der Waals surface area contributed by atoms with Crippen LogP contribution in [0, 0.1) is 3.57 Å². The van der Waals surface area contributed by atoms with Gasteiger partial charge in [-0.3, -0.25) is 0 Å². The molecular weight excluding hydrogens is 353 g/mol. The average Bonchev–Trinajstić information content (AvgIpc) is 3.24. The Hall–Kier alpha value is -1.37. The number of benzene rings is 1. The van der Waals surface area contributed by atoms with E-state index in [4.69, 9.17) is 4.98 Å². The van der Waals surface area contributed by atoms with Crippen molar-refractivity contribution in [2.75, 3.05) is 12.4 Å². The molecule has 0 radical (unpaired) electrons. The van der Waals surface area contributed by atoms with Crippen LogP contribution in [0.25, 0.3) is 11.4 Å². The van der Waals surface area contributed by atoms with Crippen molar-refractivity contribution >= 4 is 28.4 Å². The van der Waals surface area contributed by atoms with Crippen molar-refractivity contribution in [3.05, 3.63) is 33.5 Å². The normalized spacial score (nSPS) is 14.4. The first kappa shape index (κ1) is 12.7. The van der Waals surface area contributed by atoms with E-state index in [1.165, 1.54) is 12.8 Å². The van der Waals surface area contributed by atoms with Gasteiger partial charge in [-0.1, -0.05) is 0 Å². The Kier molecular flexibility index (Phi) is 3.30. The molecular formula is C14H14IN3O. The van der Waals surface area contributed by atoms with E-state index in [-0.39, 0.29) is 5.75 Å². The van der Waals surface area contributed by atoms with E-state index in [0.717, 1.165) is 20.6 Å². The van der Waals surface area contributed by atoms with Crippen molar-refractivity contribution in [3.63, 3.8) is 0 Å². The molecule has 0 amide bonds. The Morgan fingerprint density at radius 2 is 1.89 bits per heavy atom. The minimum absolute atomic E-state index is 0.255. The number of nitrogens with zero attached hydrogens (tertiary/aromatic N) is 2. The molecule has 2 N–H and O–H groups in total. The van der Waals surface area contributed by atoms with Crippen LogP contribution in [0.2, 0.25) is 0 Å². The summed E-state index contributed by atoms with van der Waals surface area (Å²) in [6.07, 6.45) is 2.43. The highest BCUT2D eigenvalue weighted by Crippen LogP contribution is 2.42. The van der Waals surface area contributed by atoms with Crippen molar-refractivity contribution in [2.45, 2.75) is 18.8 Å². The molecule has 0 spiro atoms. The predicted molar refractivity (Wildman–Crippen MR) is 83.4 cm³/mol. The molecule has 1 fully saturated rings. The summed E-state index contributed by atoms with van der Waals surface area (Å²) in [4.78, 5) is 9.25. The van der Waals surface area contributed by atoms with E-state index in [9.17, 15) is 5.11 Å². The lowest BCUT2D eigenvalue weighted by atomic mass is 10.2. The van der Waals surface area contributed by atoms with Crippen LogP contribution in [-0.2, 0) is 0 Å². The Labute approximate surface area is 125 Å². The SMILES string of the molecule is CNc1nc(-c2ccc(O)cc2)nc(C2CC2)c1I. The molecule has 19 heavy (non-hydrogen) atoms. The quantitative estimate of drug-likeness (QED) is 0.817. The largest absolute Gasteiger partial charge is 0.508 e. The molecule has 0 atom stereocenters. The number of halogens is 1. The zero-order chi connectivity index (χ0) is 13.4. The van der Waals surface area contributed by atoms with Crippen molar-refractivity contribution in [1.82, 2.24) is 9.97 Å². The zero-order valence-corrected chi connectivity index (χ0v) is 12.7. The van der Waals surface area contributed by atoms with Crippen LogP contribution in [-0.4, -0.2) is 22.1 Å². The first-order valence-electron chi connectivity index (χ1n) is 6.23. The molecule has 0 aliphatic heterocycles. The first-order chi connectivity index (χ1) is 9.19. The zero-order valence-electron chi connectivity index (χ0n) is 10.5. The number of aromatic hydroxyl groups is 1. The molecule has 3 rings (SSSR count). The summed E-state index contributed by atoms with van der Waals surface area (Å²) in [7, 11) is 1.88. The van der Waals surface area contributed by atoms with Gasteiger partial charge < -0.3 is 10.4 Å². The van der Waals surface area contributed by atoms with Crippen molar-refractivity contribution in [2.24, 2.45) is 0 Å². The molecule has 1 aromatic heterocycles. The lowest BCUT2D eigenvalue weighted by molar-refractivity contribution is 0.475. The summed E-state index contributed by atoms with van der Waals surface area (Å²) < 4.78 is 1.12. The van der Waals surface area contributed by atoms with Gasteiger partial charge in [0.2, 0.25) is 0 Å². The Balaban J connectivity index is 2.10. The molecule has 5 heteroatoms. The number of phenolic OH excluding ortho intramolecular Hbond substituents is 1. The van der Waals surface area contributed by atoms with E-state index in [2.05, 4.69) is 32.9 Å². The number of aromatic nitrogens is 2. The highest BCUT2D eigenvalue weighted by Gasteiger charge is 2.29. The van der Waals surface area contributed by atoms with Crippen LogP contribution in [0.5, 0.6) is 5.75 Å². The number of phenols is 1. The highest BCUT2D eigenvalue weighted by atomic mass is 127. The molecule has 0 unspecified atom stereocenters. The minimum atomic E-state index is 0.255. The van der Waals surface area contributed by atoms with Crippen molar-refractivity contribution < 1.29 is 5.11 Å². The van der Waals surface area contributed by atoms with Crippen LogP contribution in [0.4, 0.5) is 5.82 Å². The van der Waals surface area contributed by atoms with Gasteiger partial charge in [0, 0.05) is 18.5 Å². The standard InChI is InChI=1S/C14H14IN3O/c1-16-14-11(15)12(8-2-3-8)17-13(18-14)9-4-6-10(19)7-5-9/h4-8,19H,2-3H2,1H3,(H,16,17,18). The van der Waals surface area contributed by atoms with Crippen LogP contribution >= 0.6 is 22.6 Å². The molecule has 1 saturated carbocycles. The second kappa shape index (κ2) is 4.96. The molecule has 1 aliphatic rings. The summed E-state index contributed by atoms with van der Waals surface area (Å²) in [6, 6.07) is 7.00. The van der Waals surface area contributed by atoms with Gasteiger partial charge in [0.25, 0.3) is 0 Å². The second-order valence-electron chi connectivity index (χ2n) is 4.67. The van der Waals surface area contributed by atoms with Crippen molar-refractivity contribution in [1.29, 1.82) is 0 Å². The monoisotopic (exact) mass is 367 g/mol. The number of hydrogen-bond acceptors (Lipinski definition) is 4. The van der Waals surface area contributed by atoms with Gasteiger partial charge in [-0.05, 0) is 59.7 Å². The third kappa shape index (κ3) is 2.51. The number of nitrogens with one attached hydrogen (secondary N) is 1. The molecule has 98 valence electrons. The van der Waals surface area contributed by atoms with Gasteiger partial charge in [-0.15, -0.1) is 0 Å². The lowest BCUT2D eigenvalue weighted by Gasteiger charge is -2.10. The molecule has 0 saturated heterocycles. The third-order valence-corrected chi connectivity index (χ3v) is 4.27. The van der Waals surface area contributed by atoms with Gasteiger partial charge in [0.15, 0.2) is 5.82 Å². The Bertz CT molecular complexity index is 609. The highest BCUT2D eigenvalue weighted by molar-refractivity contribution is 14.1. The maximum absolute atomic E-state index is 9.35. The molecule has 0 bridgehead atoms. The van der Waals surface area contributed by atoms with Gasteiger partial charge in [-0.2, -0.15) is 0 Å². The van der Waals surface area contributed by atoms with Crippen LogP contribution in [0.1, 0.15) is 24.5 Å².